The topological polar surface area (TPSA) is 51.6 Å². The third-order valence-electron chi connectivity index (χ3n) is 14.1. The third kappa shape index (κ3) is 9.28. The van der Waals surface area contributed by atoms with E-state index in [1.165, 1.54) is 129 Å². The Labute approximate surface area is 478 Å². The lowest BCUT2D eigenvalue weighted by Crippen LogP contribution is -1.88. The molecular formula is C68H48N4S6. The summed E-state index contributed by atoms with van der Waals surface area (Å²) < 4.78 is 19.5. The fourth-order valence-electron chi connectivity index (χ4n) is 10.7. The summed E-state index contributed by atoms with van der Waals surface area (Å²) in [6, 6.07) is 77.8. The Bertz CT molecular complexity index is 4120. The highest BCUT2D eigenvalue weighted by atomic mass is 32.1. The van der Waals surface area contributed by atoms with Crippen molar-refractivity contribution in [2.45, 2.75) is 27.7 Å². The minimum absolute atomic E-state index is 0.960. The lowest BCUT2D eigenvalue weighted by molar-refractivity contribution is 1.56. The predicted octanol–water partition coefficient (Wildman–Crippen LogP) is 21.5. The Kier molecular flexibility index (Phi) is 13.7. The van der Waals surface area contributed by atoms with Crippen LogP contribution < -0.4 is 0 Å². The van der Waals surface area contributed by atoms with Gasteiger partial charge in [0.25, 0.3) is 0 Å². The van der Waals surface area contributed by atoms with Gasteiger partial charge in [0.2, 0.25) is 0 Å². The fourth-order valence-corrected chi connectivity index (χ4v) is 16.4. The second-order valence-electron chi connectivity index (χ2n) is 19.1. The average Bonchev–Trinajstić information content (AvgIpc) is 4.56. The highest BCUT2D eigenvalue weighted by Crippen LogP contribution is 2.53. The van der Waals surface area contributed by atoms with Gasteiger partial charge in [0.1, 0.15) is 22.1 Å². The number of thiophene rings is 4. The van der Waals surface area contributed by atoms with Gasteiger partial charge in [0.15, 0.2) is 0 Å². The van der Waals surface area contributed by atoms with Crippen LogP contribution in [0.5, 0.6) is 0 Å². The molecule has 0 spiro atoms. The van der Waals surface area contributed by atoms with Crippen molar-refractivity contribution in [3.63, 3.8) is 0 Å². The van der Waals surface area contributed by atoms with E-state index in [-0.39, 0.29) is 0 Å². The second kappa shape index (κ2) is 21.6. The van der Waals surface area contributed by atoms with Crippen molar-refractivity contribution in [2.75, 3.05) is 0 Å². The van der Waals surface area contributed by atoms with Crippen LogP contribution in [0.1, 0.15) is 19.5 Å². The summed E-state index contributed by atoms with van der Waals surface area (Å²) in [7, 11) is 0. The summed E-state index contributed by atoms with van der Waals surface area (Å²) in [5, 5.41) is 0. The molecule has 6 heterocycles. The van der Waals surface area contributed by atoms with E-state index in [4.69, 9.17) is 17.5 Å². The molecule has 10 heteroatoms. The van der Waals surface area contributed by atoms with Gasteiger partial charge in [-0.1, -0.05) is 206 Å². The SMILES string of the molecule is Cc1cc(-c2ccccc2)c(-c2ccc(-c3sc(C)cc3-c3ccccc3)c3nsnc23)s1.Cc1sc(-c2ccc(-c3sc(C)c(-c4ccccc4)c3-c3ccccc3)c3nsnc23)c(-c2ccccc2)c1-c1ccccc1. The van der Waals surface area contributed by atoms with Gasteiger partial charge in [-0.25, -0.2) is 0 Å². The van der Waals surface area contributed by atoms with Crippen molar-refractivity contribution in [2.24, 2.45) is 0 Å². The first kappa shape index (κ1) is 49.8. The summed E-state index contributed by atoms with van der Waals surface area (Å²) in [5.41, 5.74) is 23.5. The lowest BCUT2D eigenvalue weighted by Gasteiger charge is -2.12. The summed E-state index contributed by atoms with van der Waals surface area (Å²) in [4.78, 5) is 10.2. The van der Waals surface area contributed by atoms with Crippen LogP contribution in [0.2, 0.25) is 0 Å². The summed E-state index contributed by atoms with van der Waals surface area (Å²) >= 11 is 9.94. The van der Waals surface area contributed by atoms with Gasteiger partial charge < -0.3 is 0 Å². The molecule has 376 valence electrons. The van der Waals surface area contributed by atoms with E-state index in [1.807, 2.05) is 45.3 Å². The molecule has 78 heavy (non-hydrogen) atoms. The standard InChI is InChI=1S/C40H28N2S3.C28H20N2S3/c1-25-33(27-15-7-3-8-16-27)35(29-19-11-5-12-20-29)39(43-25)31-23-24-32(38-37(31)41-45-42-38)40-36(30-21-13-6-14-22-30)34(26(2)44-40)28-17-9-4-10-18-28;1-17-15-23(19-9-5-3-6-10-19)27(31-17)21-13-14-22(26-25(21)29-33-30-26)28-24(16-18(2)32-28)20-11-7-4-8-12-20/h3-24H,1-2H3;3-16H,1-2H3. The van der Waals surface area contributed by atoms with Crippen molar-refractivity contribution in [3.05, 3.63) is 238 Å². The number of aromatic nitrogens is 4. The van der Waals surface area contributed by atoms with Crippen LogP contribution in [0.4, 0.5) is 0 Å². The third-order valence-corrected chi connectivity index (χ3v) is 19.6. The number of fused-ring (bicyclic) bond motifs is 2. The second-order valence-corrected chi connectivity index (χ2v) is 25.1. The van der Waals surface area contributed by atoms with Crippen molar-refractivity contribution in [3.8, 4) is 109 Å². The normalized spacial score (nSPS) is 11.3. The van der Waals surface area contributed by atoms with Crippen molar-refractivity contribution >= 4 is 90.9 Å². The maximum absolute atomic E-state index is 4.96. The molecule has 6 aromatic heterocycles. The van der Waals surface area contributed by atoms with Gasteiger partial charge in [-0.15, -0.1) is 45.3 Å². The molecule has 0 amide bonds. The molecule has 0 aliphatic carbocycles. The van der Waals surface area contributed by atoms with E-state index in [0.29, 0.717) is 0 Å². The van der Waals surface area contributed by atoms with Crippen molar-refractivity contribution in [1.29, 1.82) is 0 Å². The van der Waals surface area contributed by atoms with Gasteiger partial charge in [0, 0.05) is 94.7 Å². The molecule has 14 aromatic rings. The smallest absolute Gasteiger partial charge is 0.114 e. The molecule has 0 N–H and O–H groups in total. The van der Waals surface area contributed by atoms with Crippen LogP contribution in [0.3, 0.4) is 0 Å². The minimum atomic E-state index is 0.960. The maximum atomic E-state index is 4.96. The lowest BCUT2D eigenvalue weighted by atomic mass is 9.91. The first-order chi connectivity index (χ1) is 38.4. The van der Waals surface area contributed by atoms with Gasteiger partial charge in [-0.05, 0) is 73.2 Å². The highest BCUT2D eigenvalue weighted by molar-refractivity contribution is 7.18. The molecule has 0 aliphatic rings. The molecule has 0 fully saturated rings. The zero-order valence-electron chi connectivity index (χ0n) is 43.0. The minimum Gasteiger partial charge on any atom is -0.172 e. The summed E-state index contributed by atoms with van der Waals surface area (Å²) in [6.45, 7) is 8.82. The number of aryl methyl sites for hydroxylation is 4. The molecule has 0 atom stereocenters. The van der Waals surface area contributed by atoms with Crippen LogP contribution in [-0.2, 0) is 0 Å². The molecule has 0 radical (unpaired) electrons. The van der Waals surface area contributed by atoms with Crippen LogP contribution in [0, 0.1) is 27.7 Å². The number of rotatable bonds is 10. The maximum Gasteiger partial charge on any atom is 0.114 e. The van der Waals surface area contributed by atoms with Gasteiger partial charge >= 0.3 is 0 Å². The molecule has 4 nitrogen and oxygen atoms in total. The molecule has 0 bridgehead atoms. The van der Waals surface area contributed by atoms with Crippen LogP contribution in [0.15, 0.2) is 218 Å². The zero-order chi connectivity index (χ0) is 52.7. The first-order valence-electron chi connectivity index (χ1n) is 25.7. The Morgan fingerprint density at radius 3 is 0.795 bits per heavy atom. The Morgan fingerprint density at radius 1 is 0.244 bits per heavy atom. The fraction of sp³-hybridized carbons (Fsp3) is 0.0588. The van der Waals surface area contributed by atoms with E-state index in [0.717, 1.165) is 44.3 Å². The number of benzene rings is 8. The number of hydrogen-bond acceptors (Lipinski definition) is 10. The molecule has 0 saturated carbocycles. The zero-order valence-corrected chi connectivity index (χ0v) is 47.9. The van der Waals surface area contributed by atoms with Crippen LogP contribution in [-0.4, -0.2) is 17.5 Å². The van der Waals surface area contributed by atoms with E-state index in [2.05, 4.69) is 246 Å². The molecule has 14 rings (SSSR count). The van der Waals surface area contributed by atoms with E-state index in [9.17, 15) is 0 Å². The van der Waals surface area contributed by atoms with Crippen molar-refractivity contribution in [1.82, 2.24) is 17.5 Å². The van der Waals surface area contributed by atoms with Crippen LogP contribution in [0.25, 0.3) is 131 Å². The van der Waals surface area contributed by atoms with Gasteiger partial charge in [-0.2, -0.15) is 17.5 Å². The monoisotopic (exact) mass is 1110 g/mol. The van der Waals surface area contributed by atoms with Crippen molar-refractivity contribution < 1.29 is 0 Å². The number of nitrogens with zero attached hydrogens (tertiary/aromatic N) is 4. The van der Waals surface area contributed by atoms with Gasteiger partial charge in [0.05, 0.1) is 23.5 Å². The largest absolute Gasteiger partial charge is 0.172 e. The predicted molar refractivity (Wildman–Crippen MR) is 340 cm³/mol. The Hall–Kier alpha value is -7.80. The van der Waals surface area contributed by atoms with E-state index < -0.39 is 0 Å². The quantitative estimate of drug-likeness (QED) is 0.137. The Balaban J connectivity index is 0.000000156. The van der Waals surface area contributed by atoms with Crippen LogP contribution >= 0.6 is 68.8 Å². The Morgan fingerprint density at radius 2 is 0.500 bits per heavy atom. The first-order valence-corrected chi connectivity index (χ1v) is 30.4. The van der Waals surface area contributed by atoms with E-state index >= 15 is 0 Å². The molecule has 0 saturated heterocycles. The number of hydrogen-bond donors (Lipinski definition) is 0. The molecule has 0 aliphatic heterocycles. The summed E-state index contributed by atoms with van der Waals surface area (Å²) in [6.07, 6.45) is 0. The highest BCUT2D eigenvalue weighted by Gasteiger charge is 2.27. The average molecular weight is 1110 g/mol. The molecule has 8 aromatic carbocycles. The summed E-state index contributed by atoms with van der Waals surface area (Å²) in [5.74, 6) is 0. The van der Waals surface area contributed by atoms with E-state index in [1.54, 1.807) is 0 Å². The van der Waals surface area contributed by atoms with Gasteiger partial charge in [-0.3, -0.25) is 0 Å². The molecule has 0 unspecified atom stereocenters. The molecular weight excluding hydrogens is 1070 g/mol.